The normalized spacial score (nSPS) is 18.0. The molecule has 6 N–H and O–H groups in total. The summed E-state index contributed by atoms with van der Waals surface area (Å²) in [5.41, 5.74) is 1.83. The number of nitrogens with two attached hydrogens (primary N) is 1. The molecule has 1 aromatic carbocycles. The lowest BCUT2D eigenvalue weighted by Crippen LogP contribution is -2.64. The Hall–Kier alpha value is -1.66. The van der Waals surface area contributed by atoms with Crippen molar-refractivity contribution in [2.24, 2.45) is 5.73 Å². The number of carboxylic acids is 1. The van der Waals surface area contributed by atoms with Crippen LogP contribution in [0.5, 0.6) is 11.5 Å². The second kappa shape index (κ2) is 3.97. The van der Waals surface area contributed by atoms with Crippen LogP contribution in [0.3, 0.4) is 0 Å². The van der Waals surface area contributed by atoms with Crippen LogP contribution in [0.4, 0.5) is 0 Å². The van der Waals surface area contributed by atoms with Crippen LogP contribution >= 0.6 is 0 Å². The SMILES string of the molecule is B[C@@](N)(C(=O)O)[C@](B)(O)c1ccc(O)c(O)c1. The topological polar surface area (TPSA) is 124 Å². The fourth-order valence-corrected chi connectivity index (χ4v) is 1.33. The molecule has 6 nitrogen and oxygen atoms in total. The lowest BCUT2D eigenvalue weighted by Gasteiger charge is -2.37. The summed E-state index contributed by atoms with van der Waals surface area (Å²) in [6.07, 6.45) is 0. The zero-order chi connectivity index (χ0) is 13.4. The molecule has 0 saturated heterocycles. The molecule has 0 aliphatic rings. The Balaban J connectivity index is 3.30. The van der Waals surface area contributed by atoms with Gasteiger partial charge in [-0.15, -0.1) is 0 Å². The molecule has 1 aromatic rings. The van der Waals surface area contributed by atoms with E-state index in [-0.39, 0.29) is 11.3 Å². The second-order valence-electron chi connectivity index (χ2n) is 4.28. The summed E-state index contributed by atoms with van der Waals surface area (Å²) in [6.45, 7) is 0. The quantitative estimate of drug-likeness (QED) is 0.286. The monoisotopic (exact) mass is 237 g/mol. The molecule has 0 radical (unpaired) electrons. The third kappa shape index (κ3) is 2.09. The number of hydrogen-bond donors (Lipinski definition) is 5. The van der Waals surface area contributed by atoms with Gasteiger partial charge in [0, 0.05) is 0 Å². The Bertz CT molecular complexity index is 461. The molecule has 17 heavy (non-hydrogen) atoms. The largest absolute Gasteiger partial charge is 0.504 e. The molecule has 0 aromatic heterocycles. The van der Waals surface area contributed by atoms with Gasteiger partial charge >= 0.3 is 5.97 Å². The summed E-state index contributed by atoms with van der Waals surface area (Å²) in [6, 6.07) is 3.52. The Morgan fingerprint density at radius 3 is 2.18 bits per heavy atom. The average Bonchev–Trinajstić information content (AvgIpc) is 2.21. The Kier molecular flexibility index (Phi) is 3.13. The van der Waals surface area contributed by atoms with Crippen LogP contribution in [0.25, 0.3) is 0 Å². The molecule has 2 atom stereocenters. The first-order chi connectivity index (χ1) is 7.60. The number of carbonyl (C=O) groups is 1. The summed E-state index contributed by atoms with van der Waals surface area (Å²) in [5, 5.41) is 37.6. The fourth-order valence-electron chi connectivity index (χ4n) is 1.33. The molecular weight excluding hydrogens is 224 g/mol. The van der Waals surface area contributed by atoms with Crippen molar-refractivity contribution in [2.45, 2.75) is 10.9 Å². The zero-order valence-corrected chi connectivity index (χ0v) is 9.51. The number of carboxylic acid groups (broad SMARTS) is 1. The number of aliphatic hydroxyl groups is 1. The molecule has 0 heterocycles. The van der Waals surface area contributed by atoms with Crippen LogP contribution in [0.15, 0.2) is 18.2 Å². The van der Waals surface area contributed by atoms with Gasteiger partial charge in [-0.2, -0.15) is 0 Å². The number of hydrogen-bond acceptors (Lipinski definition) is 5. The van der Waals surface area contributed by atoms with E-state index < -0.39 is 22.7 Å². The van der Waals surface area contributed by atoms with Gasteiger partial charge in [0.2, 0.25) is 0 Å². The van der Waals surface area contributed by atoms with Gasteiger partial charge in [-0.1, -0.05) is 6.07 Å². The predicted molar refractivity (Wildman–Crippen MR) is 65.3 cm³/mol. The van der Waals surface area contributed by atoms with Crippen molar-refractivity contribution < 1.29 is 25.2 Å². The molecular formula is C9H13B2NO5. The van der Waals surface area contributed by atoms with Gasteiger partial charge in [0.25, 0.3) is 0 Å². The summed E-state index contributed by atoms with van der Waals surface area (Å²) < 4.78 is 0. The molecule has 0 aliphatic heterocycles. The first-order valence-electron chi connectivity index (χ1n) is 4.88. The van der Waals surface area contributed by atoms with Crippen molar-refractivity contribution in [2.75, 3.05) is 0 Å². The van der Waals surface area contributed by atoms with Crippen LogP contribution in [0.1, 0.15) is 5.56 Å². The van der Waals surface area contributed by atoms with Crippen molar-refractivity contribution >= 4 is 21.7 Å². The predicted octanol–water partition coefficient (Wildman–Crippen LogP) is -2.75. The van der Waals surface area contributed by atoms with Crippen molar-refractivity contribution in [1.82, 2.24) is 0 Å². The van der Waals surface area contributed by atoms with E-state index in [1.54, 1.807) is 0 Å². The van der Waals surface area contributed by atoms with Crippen LogP contribution in [-0.4, -0.2) is 47.5 Å². The Labute approximate surface area is 99.5 Å². The van der Waals surface area contributed by atoms with Crippen LogP contribution in [0, 0.1) is 0 Å². The number of aliphatic carboxylic acids is 1. The van der Waals surface area contributed by atoms with E-state index in [4.69, 9.17) is 15.9 Å². The van der Waals surface area contributed by atoms with Gasteiger partial charge in [0.1, 0.15) is 13.3 Å². The molecule has 0 saturated carbocycles. The van der Waals surface area contributed by atoms with Crippen molar-refractivity contribution in [3.05, 3.63) is 23.8 Å². The third-order valence-electron chi connectivity index (χ3n) is 2.99. The van der Waals surface area contributed by atoms with Crippen molar-refractivity contribution in [3.8, 4) is 11.5 Å². The number of aromatic hydroxyl groups is 2. The van der Waals surface area contributed by atoms with Gasteiger partial charge in [-0.25, -0.2) is 0 Å². The number of phenolic OH excluding ortho intramolecular Hbond substituents is 2. The molecule has 0 amide bonds. The summed E-state index contributed by atoms with van der Waals surface area (Å²) >= 11 is 0. The molecule has 0 fully saturated rings. The number of benzene rings is 1. The highest BCUT2D eigenvalue weighted by atomic mass is 16.4. The minimum atomic E-state index is -1.93. The van der Waals surface area contributed by atoms with E-state index in [1.165, 1.54) is 21.8 Å². The van der Waals surface area contributed by atoms with Crippen molar-refractivity contribution in [1.29, 1.82) is 0 Å². The van der Waals surface area contributed by atoms with E-state index in [0.717, 1.165) is 12.1 Å². The number of phenols is 2. The van der Waals surface area contributed by atoms with E-state index in [0.29, 0.717) is 0 Å². The highest BCUT2D eigenvalue weighted by Crippen LogP contribution is 2.33. The van der Waals surface area contributed by atoms with Gasteiger partial charge < -0.3 is 26.2 Å². The smallest absolute Gasteiger partial charge is 0.317 e. The van der Waals surface area contributed by atoms with Crippen LogP contribution in [-0.2, 0) is 10.3 Å². The van der Waals surface area contributed by atoms with E-state index in [2.05, 4.69) is 0 Å². The minimum absolute atomic E-state index is 0.0974. The van der Waals surface area contributed by atoms with Crippen LogP contribution < -0.4 is 5.73 Å². The fraction of sp³-hybridized carbons (Fsp3) is 0.222. The molecule has 0 spiro atoms. The lowest BCUT2D eigenvalue weighted by molar-refractivity contribution is -0.145. The van der Waals surface area contributed by atoms with E-state index in [9.17, 15) is 15.0 Å². The molecule has 0 bridgehead atoms. The zero-order valence-electron chi connectivity index (χ0n) is 9.51. The Morgan fingerprint density at radius 2 is 1.76 bits per heavy atom. The van der Waals surface area contributed by atoms with E-state index >= 15 is 0 Å². The molecule has 0 unspecified atom stereocenters. The van der Waals surface area contributed by atoms with Gasteiger partial charge in [0.05, 0.1) is 5.50 Å². The van der Waals surface area contributed by atoms with Gasteiger partial charge in [0.15, 0.2) is 19.3 Å². The van der Waals surface area contributed by atoms with Crippen LogP contribution in [0.2, 0.25) is 0 Å². The van der Waals surface area contributed by atoms with Crippen molar-refractivity contribution in [3.63, 3.8) is 0 Å². The molecule has 90 valence electrons. The maximum Gasteiger partial charge on any atom is 0.317 e. The standard InChI is InChI=1S/C9H13B2NO5/c10-8(12,7(15)16)9(11,17)4-1-2-5(13)6(14)3-4/h1-3,13-14,17H,10-12H2,(H,15,16)/t8-,9-/m1/s1. The third-order valence-corrected chi connectivity index (χ3v) is 2.99. The summed E-state index contributed by atoms with van der Waals surface area (Å²) in [7, 11) is 2.40. The minimum Gasteiger partial charge on any atom is -0.504 e. The second-order valence-corrected chi connectivity index (χ2v) is 4.28. The first-order valence-corrected chi connectivity index (χ1v) is 4.88. The highest BCUT2D eigenvalue weighted by Gasteiger charge is 2.47. The van der Waals surface area contributed by atoms with E-state index in [1.807, 2.05) is 0 Å². The molecule has 0 aliphatic carbocycles. The first kappa shape index (κ1) is 13.4. The highest BCUT2D eigenvalue weighted by molar-refractivity contribution is 6.34. The molecule has 8 heteroatoms. The maximum absolute atomic E-state index is 11.0. The maximum atomic E-state index is 11.0. The lowest BCUT2D eigenvalue weighted by atomic mass is 9.54. The number of rotatable bonds is 3. The summed E-state index contributed by atoms with van der Waals surface area (Å²) in [4.78, 5) is 11.0. The van der Waals surface area contributed by atoms with Gasteiger partial charge in [-0.05, 0) is 17.7 Å². The molecule has 1 rings (SSSR count). The Morgan fingerprint density at radius 1 is 1.24 bits per heavy atom. The summed E-state index contributed by atoms with van der Waals surface area (Å²) in [5.74, 6) is -2.20. The van der Waals surface area contributed by atoms with Gasteiger partial charge in [-0.3, -0.25) is 4.79 Å². The average molecular weight is 237 g/mol.